The van der Waals surface area contributed by atoms with Crippen LogP contribution in [0.2, 0.25) is 0 Å². The largest absolute Gasteiger partial charge is 0.325 e. The van der Waals surface area contributed by atoms with E-state index in [1.807, 2.05) is 0 Å². The molecule has 0 unspecified atom stereocenters. The molecule has 4 nitrogen and oxygen atoms in total. The normalized spacial score (nSPS) is 11.1. The molecule has 2 aromatic rings. The van der Waals surface area contributed by atoms with Crippen LogP contribution in [-0.4, -0.2) is 17.2 Å². The van der Waals surface area contributed by atoms with Crippen LogP contribution >= 0.6 is 0 Å². The molecule has 1 heterocycles. The zero-order valence-corrected chi connectivity index (χ0v) is 12.7. The number of nitrogens with one attached hydrogen (secondary N) is 1. The van der Waals surface area contributed by atoms with E-state index in [4.69, 9.17) is 0 Å². The number of pyridine rings is 1. The van der Waals surface area contributed by atoms with Gasteiger partial charge in [-0.2, -0.15) is 0 Å². The zero-order valence-electron chi connectivity index (χ0n) is 12.7. The Balaban J connectivity index is 2.50. The first-order chi connectivity index (χ1) is 10.3. The molecular weight excluding hydrogens is 283 g/mol. The Hall–Kier alpha value is -2.56. The number of anilines is 1. The maximum absolute atomic E-state index is 14.3. The minimum Gasteiger partial charge on any atom is -0.325 e. The second-order valence-electron chi connectivity index (χ2n) is 5.93. The van der Waals surface area contributed by atoms with Gasteiger partial charge in [-0.25, -0.2) is 4.39 Å². The van der Waals surface area contributed by atoms with Gasteiger partial charge in [-0.15, -0.1) is 0 Å². The van der Waals surface area contributed by atoms with Crippen molar-refractivity contribution in [1.29, 1.82) is 0 Å². The highest BCUT2D eigenvalue weighted by atomic mass is 19.1. The van der Waals surface area contributed by atoms with Crippen LogP contribution in [0.5, 0.6) is 0 Å². The molecule has 1 aromatic carbocycles. The van der Waals surface area contributed by atoms with Crippen LogP contribution in [0.15, 0.2) is 36.5 Å². The predicted octanol–water partition coefficient (Wildman–Crippen LogP) is 3.68. The topological polar surface area (TPSA) is 59.1 Å². The van der Waals surface area contributed by atoms with Crippen molar-refractivity contribution < 1.29 is 14.0 Å². The summed E-state index contributed by atoms with van der Waals surface area (Å²) in [5.74, 6) is -0.887. The summed E-state index contributed by atoms with van der Waals surface area (Å²) in [5.41, 5.74) is 0.276. The Morgan fingerprint density at radius 2 is 1.91 bits per heavy atom. The molecule has 1 amide bonds. The number of benzene rings is 1. The van der Waals surface area contributed by atoms with Crippen LogP contribution in [0, 0.1) is 11.2 Å². The third-order valence-corrected chi connectivity index (χ3v) is 3.16. The molecule has 1 aromatic heterocycles. The molecule has 0 saturated carbocycles. The molecule has 0 aliphatic heterocycles. The van der Waals surface area contributed by atoms with E-state index in [9.17, 15) is 14.0 Å². The first-order valence-electron chi connectivity index (χ1n) is 6.85. The average Bonchev–Trinajstić information content (AvgIpc) is 2.47. The van der Waals surface area contributed by atoms with Gasteiger partial charge in [-0.3, -0.25) is 14.6 Å². The van der Waals surface area contributed by atoms with Crippen molar-refractivity contribution in [2.45, 2.75) is 20.8 Å². The standard InChI is InChI=1S/C17H17FN2O2/c1-17(2,3)16(22)20-13-7-5-4-6-12(13)15-14(18)11(10-21)8-9-19-15/h4-10H,1-3H3,(H,20,22). The second-order valence-corrected chi connectivity index (χ2v) is 5.93. The summed E-state index contributed by atoms with van der Waals surface area (Å²) >= 11 is 0. The van der Waals surface area contributed by atoms with Crippen molar-refractivity contribution in [3.63, 3.8) is 0 Å². The smallest absolute Gasteiger partial charge is 0.229 e. The van der Waals surface area contributed by atoms with Crippen LogP contribution in [0.3, 0.4) is 0 Å². The van der Waals surface area contributed by atoms with Gasteiger partial charge in [0.1, 0.15) is 5.69 Å². The lowest BCUT2D eigenvalue weighted by atomic mass is 9.95. The molecule has 0 fully saturated rings. The van der Waals surface area contributed by atoms with Crippen LogP contribution in [-0.2, 0) is 4.79 Å². The Bertz CT molecular complexity index is 721. The highest BCUT2D eigenvalue weighted by Gasteiger charge is 2.23. The lowest BCUT2D eigenvalue weighted by molar-refractivity contribution is -0.123. The van der Waals surface area contributed by atoms with Crippen molar-refractivity contribution in [1.82, 2.24) is 4.98 Å². The minimum absolute atomic E-state index is 0.0365. The molecule has 0 spiro atoms. The molecule has 22 heavy (non-hydrogen) atoms. The number of para-hydroxylation sites is 1. The van der Waals surface area contributed by atoms with Crippen LogP contribution in [0.25, 0.3) is 11.3 Å². The van der Waals surface area contributed by atoms with Gasteiger partial charge in [0.15, 0.2) is 12.1 Å². The Morgan fingerprint density at radius 3 is 2.55 bits per heavy atom. The fraction of sp³-hybridized carbons (Fsp3) is 0.235. The fourth-order valence-electron chi connectivity index (χ4n) is 1.85. The Morgan fingerprint density at radius 1 is 1.23 bits per heavy atom. The number of carbonyl (C=O) groups is 2. The summed E-state index contributed by atoms with van der Waals surface area (Å²) in [7, 11) is 0. The molecule has 0 atom stereocenters. The number of rotatable bonds is 3. The van der Waals surface area contributed by atoms with Crippen LogP contribution < -0.4 is 5.32 Å². The van der Waals surface area contributed by atoms with Crippen LogP contribution in [0.1, 0.15) is 31.1 Å². The molecule has 1 N–H and O–H groups in total. The van der Waals surface area contributed by atoms with Gasteiger partial charge < -0.3 is 5.32 Å². The average molecular weight is 300 g/mol. The van der Waals surface area contributed by atoms with Gasteiger partial charge in [0.2, 0.25) is 5.91 Å². The van der Waals surface area contributed by atoms with Crippen molar-refractivity contribution >= 4 is 17.9 Å². The predicted molar refractivity (Wildman–Crippen MR) is 83.1 cm³/mol. The number of amides is 1. The molecule has 0 bridgehead atoms. The number of nitrogens with zero attached hydrogens (tertiary/aromatic N) is 1. The molecule has 0 saturated heterocycles. The maximum atomic E-state index is 14.3. The third-order valence-electron chi connectivity index (χ3n) is 3.16. The summed E-state index contributed by atoms with van der Waals surface area (Å²) < 4.78 is 14.3. The molecule has 2 rings (SSSR count). The lowest BCUT2D eigenvalue weighted by Gasteiger charge is -2.19. The highest BCUT2D eigenvalue weighted by molar-refractivity contribution is 5.98. The van der Waals surface area contributed by atoms with Gasteiger partial charge in [0.05, 0.1) is 11.3 Å². The molecule has 0 aliphatic rings. The van der Waals surface area contributed by atoms with Gasteiger partial charge >= 0.3 is 0 Å². The summed E-state index contributed by atoms with van der Waals surface area (Å²) in [4.78, 5) is 27.0. The van der Waals surface area contributed by atoms with E-state index in [-0.39, 0.29) is 17.2 Å². The first-order valence-corrected chi connectivity index (χ1v) is 6.85. The fourth-order valence-corrected chi connectivity index (χ4v) is 1.85. The maximum Gasteiger partial charge on any atom is 0.229 e. The number of hydrogen-bond donors (Lipinski definition) is 1. The van der Waals surface area contributed by atoms with Crippen molar-refractivity contribution in [2.24, 2.45) is 5.41 Å². The van der Waals surface area contributed by atoms with E-state index >= 15 is 0 Å². The van der Waals surface area contributed by atoms with E-state index in [0.29, 0.717) is 17.5 Å². The number of aromatic nitrogens is 1. The van der Waals surface area contributed by atoms with Crippen molar-refractivity contribution in [2.75, 3.05) is 5.32 Å². The van der Waals surface area contributed by atoms with Gasteiger partial charge in [0.25, 0.3) is 0 Å². The van der Waals surface area contributed by atoms with E-state index in [1.54, 1.807) is 45.0 Å². The van der Waals surface area contributed by atoms with Gasteiger partial charge in [-0.05, 0) is 12.1 Å². The molecular formula is C17H17FN2O2. The molecule has 5 heteroatoms. The first kappa shape index (κ1) is 15.8. The van der Waals surface area contributed by atoms with Crippen LogP contribution in [0.4, 0.5) is 10.1 Å². The second kappa shape index (κ2) is 6.05. The van der Waals surface area contributed by atoms with E-state index < -0.39 is 11.2 Å². The monoisotopic (exact) mass is 300 g/mol. The SMILES string of the molecule is CC(C)(C)C(=O)Nc1ccccc1-c1nccc(C=O)c1F. The number of carbonyl (C=O) groups excluding carboxylic acids is 2. The summed E-state index contributed by atoms with van der Waals surface area (Å²) in [6, 6.07) is 8.09. The highest BCUT2D eigenvalue weighted by Crippen LogP contribution is 2.30. The molecule has 114 valence electrons. The van der Waals surface area contributed by atoms with Crippen molar-refractivity contribution in [3.05, 3.63) is 47.9 Å². The number of aldehydes is 1. The number of halogens is 1. The van der Waals surface area contributed by atoms with E-state index in [1.165, 1.54) is 12.3 Å². The quantitative estimate of drug-likeness (QED) is 0.880. The Kier molecular flexibility index (Phi) is 4.35. The summed E-state index contributed by atoms with van der Waals surface area (Å²) in [5, 5.41) is 2.78. The zero-order chi connectivity index (χ0) is 16.3. The summed E-state index contributed by atoms with van der Waals surface area (Å²) in [6.07, 6.45) is 1.81. The molecule has 0 radical (unpaired) electrons. The van der Waals surface area contributed by atoms with Gasteiger partial charge in [0, 0.05) is 17.2 Å². The third kappa shape index (κ3) is 3.19. The number of hydrogen-bond acceptors (Lipinski definition) is 3. The lowest BCUT2D eigenvalue weighted by Crippen LogP contribution is -2.27. The van der Waals surface area contributed by atoms with Crippen molar-refractivity contribution in [3.8, 4) is 11.3 Å². The Labute approximate surface area is 128 Å². The van der Waals surface area contributed by atoms with E-state index in [0.717, 1.165) is 0 Å². The molecule has 0 aliphatic carbocycles. The van der Waals surface area contributed by atoms with Gasteiger partial charge in [-0.1, -0.05) is 39.0 Å². The van der Waals surface area contributed by atoms with E-state index in [2.05, 4.69) is 10.3 Å². The minimum atomic E-state index is -0.699. The summed E-state index contributed by atoms with van der Waals surface area (Å²) in [6.45, 7) is 5.37.